The summed E-state index contributed by atoms with van der Waals surface area (Å²) in [5.74, 6) is -0.707. The first-order valence-electron chi connectivity index (χ1n) is 9.30. The lowest BCUT2D eigenvalue weighted by Gasteiger charge is -2.23. The number of nitrogens with zero attached hydrogens (tertiary/aromatic N) is 1. The maximum atomic E-state index is 13.7. The maximum Gasteiger partial charge on any atom is 0.246 e. The Morgan fingerprint density at radius 2 is 1.65 bits per heavy atom. The Morgan fingerprint density at radius 3 is 2.31 bits per heavy atom. The Bertz CT molecular complexity index is 724. The first-order chi connectivity index (χ1) is 12.6. The van der Waals surface area contributed by atoms with Crippen LogP contribution in [0, 0.1) is 5.82 Å². The third-order valence-electron chi connectivity index (χ3n) is 4.75. The molecule has 4 nitrogen and oxygen atoms in total. The van der Waals surface area contributed by atoms with E-state index in [4.69, 9.17) is 0 Å². The Kier molecular flexibility index (Phi) is 6.10. The maximum absolute atomic E-state index is 13.7. The normalized spacial score (nSPS) is 15.8. The molecule has 2 N–H and O–H groups in total. The van der Waals surface area contributed by atoms with Gasteiger partial charge in [0.15, 0.2) is 0 Å². The lowest BCUT2D eigenvalue weighted by Crippen LogP contribution is -2.32. The quantitative estimate of drug-likeness (QED) is 0.821. The van der Waals surface area contributed by atoms with Crippen molar-refractivity contribution in [3.63, 3.8) is 0 Å². The number of amides is 1. The first-order valence-corrected chi connectivity index (χ1v) is 9.30. The fourth-order valence-electron chi connectivity index (χ4n) is 3.22. The van der Waals surface area contributed by atoms with Gasteiger partial charge in [-0.15, -0.1) is 0 Å². The van der Waals surface area contributed by atoms with Crippen LogP contribution in [-0.2, 0) is 4.79 Å². The highest BCUT2D eigenvalue weighted by Gasteiger charge is 2.15. The van der Waals surface area contributed by atoms with Crippen LogP contribution in [0.3, 0.4) is 0 Å². The molecule has 1 saturated heterocycles. The smallest absolute Gasteiger partial charge is 0.246 e. The van der Waals surface area contributed by atoms with Crippen molar-refractivity contribution in [1.29, 1.82) is 0 Å². The van der Waals surface area contributed by atoms with Crippen molar-refractivity contribution in [1.82, 2.24) is 0 Å². The minimum atomic E-state index is -0.473. The molecule has 1 aliphatic rings. The monoisotopic (exact) mass is 355 g/mol. The molecule has 1 amide bonds. The molecule has 0 bridgehead atoms. The van der Waals surface area contributed by atoms with Gasteiger partial charge in [-0.05, 0) is 56.2 Å². The van der Waals surface area contributed by atoms with Gasteiger partial charge in [-0.1, -0.05) is 25.0 Å². The molecule has 138 valence electrons. The van der Waals surface area contributed by atoms with E-state index in [2.05, 4.69) is 27.7 Å². The number of para-hydroxylation sites is 1. The van der Waals surface area contributed by atoms with Crippen molar-refractivity contribution in [2.45, 2.75) is 38.6 Å². The molecule has 1 atom stereocenters. The van der Waals surface area contributed by atoms with Crippen LogP contribution in [0.2, 0.25) is 0 Å². The molecule has 0 aliphatic carbocycles. The van der Waals surface area contributed by atoms with Crippen molar-refractivity contribution >= 4 is 23.0 Å². The average Bonchev–Trinajstić information content (AvgIpc) is 2.93. The topological polar surface area (TPSA) is 44.4 Å². The number of rotatable bonds is 5. The van der Waals surface area contributed by atoms with Gasteiger partial charge in [0.1, 0.15) is 11.9 Å². The van der Waals surface area contributed by atoms with Gasteiger partial charge >= 0.3 is 0 Å². The van der Waals surface area contributed by atoms with Crippen LogP contribution in [0.25, 0.3) is 0 Å². The molecule has 5 heteroatoms. The third kappa shape index (κ3) is 4.75. The van der Waals surface area contributed by atoms with Gasteiger partial charge in [0.05, 0.1) is 5.69 Å². The molecular weight excluding hydrogens is 329 g/mol. The fraction of sp³-hybridized carbons (Fsp3) is 0.381. The zero-order valence-corrected chi connectivity index (χ0v) is 15.2. The number of carbonyl (C=O) groups excluding carboxylic acids is 1. The molecule has 0 spiro atoms. The zero-order chi connectivity index (χ0) is 18.4. The van der Waals surface area contributed by atoms with E-state index < -0.39 is 11.9 Å². The van der Waals surface area contributed by atoms with Gasteiger partial charge in [-0.2, -0.15) is 0 Å². The van der Waals surface area contributed by atoms with Crippen molar-refractivity contribution in [2.75, 3.05) is 28.6 Å². The van der Waals surface area contributed by atoms with Gasteiger partial charge in [-0.3, -0.25) is 4.79 Å². The minimum Gasteiger partial charge on any atom is -0.374 e. The predicted octanol–water partition coefficient (Wildman–Crippen LogP) is 4.65. The summed E-state index contributed by atoms with van der Waals surface area (Å²) in [6.45, 7) is 3.97. The molecule has 1 heterocycles. The molecule has 1 fully saturated rings. The van der Waals surface area contributed by atoms with Crippen LogP contribution in [-0.4, -0.2) is 25.0 Å². The second kappa shape index (κ2) is 8.70. The van der Waals surface area contributed by atoms with Crippen LogP contribution in [0.1, 0.15) is 32.6 Å². The number of hydrogen-bond acceptors (Lipinski definition) is 3. The van der Waals surface area contributed by atoms with E-state index in [-0.39, 0.29) is 11.6 Å². The van der Waals surface area contributed by atoms with Crippen LogP contribution in [0.5, 0.6) is 0 Å². The Morgan fingerprint density at radius 1 is 1.00 bits per heavy atom. The van der Waals surface area contributed by atoms with Gasteiger partial charge < -0.3 is 15.5 Å². The third-order valence-corrected chi connectivity index (χ3v) is 4.75. The van der Waals surface area contributed by atoms with Gasteiger partial charge in [0, 0.05) is 24.5 Å². The molecule has 3 rings (SSSR count). The lowest BCUT2D eigenvalue weighted by atomic mass is 10.2. The highest BCUT2D eigenvalue weighted by atomic mass is 19.1. The molecule has 1 aliphatic heterocycles. The summed E-state index contributed by atoms with van der Waals surface area (Å²) in [5, 5.41) is 5.79. The predicted molar refractivity (Wildman–Crippen MR) is 105 cm³/mol. The van der Waals surface area contributed by atoms with Crippen LogP contribution >= 0.6 is 0 Å². The van der Waals surface area contributed by atoms with Gasteiger partial charge in [0.25, 0.3) is 0 Å². The molecule has 0 unspecified atom stereocenters. The van der Waals surface area contributed by atoms with E-state index in [9.17, 15) is 9.18 Å². The molecule has 0 saturated carbocycles. The Hall–Kier alpha value is -2.56. The standard InChI is InChI=1S/C21H26FN3O/c1-16(21(26)24-20-9-5-4-8-19(20)22)23-17-10-12-18(13-11-17)25-14-6-2-3-7-15-25/h4-5,8-13,16,23H,2-3,6-7,14-15H2,1H3,(H,24,26)/t16-/m1/s1. The number of benzene rings is 2. The van der Waals surface area contributed by atoms with Gasteiger partial charge in [0.2, 0.25) is 5.91 Å². The summed E-state index contributed by atoms with van der Waals surface area (Å²) < 4.78 is 13.7. The summed E-state index contributed by atoms with van der Waals surface area (Å²) in [4.78, 5) is 14.7. The van der Waals surface area contributed by atoms with Crippen LogP contribution in [0.15, 0.2) is 48.5 Å². The summed E-state index contributed by atoms with van der Waals surface area (Å²) in [6.07, 6.45) is 5.11. The molecule has 0 aromatic heterocycles. The molecule has 2 aromatic carbocycles. The number of hydrogen-bond donors (Lipinski definition) is 2. The second-order valence-corrected chi connectivity index (χ2v) is 6.78. The second-order valence-electron chi connectivity index (χ2n) is 6.78. The molecular formula is C21H26FN3O. The van der Waals surface area contributed by atoms with Crippen molar-refractivity contribution in [3.05, 3.63) is 54.3 Å². The number of halogens is 1. The van der Waals surface area contributed by atoms with E-state index in [1.165, 1.54) is 37.4 Å². The Labute approximate surface area is 154 Å². The summed E-state index contributed by atoms with van der Waals surface area (Å²) in [5.41, 5.74) is 2.29. The summed E-state index contributed by atoms with van der Waals surface area (Å²) in [7, 11) is 0. The highest BCUT2D eigenvalue weighted by molar-refractivity contribution is 5.96. The minimum absolute atomic E-state index is 0.197. The first kappa shape index (κ1) is 18.2. The van der Waals surface area contributed by atoms with Crippen LogP contribution < -0.4 is 15.5 Å². The number of nitrogens with one attached hydrogen (secondary N) is 2. The van der Waals surface area contributed by atoms with E-state index in [0.717, 1.165) is 18.8 Å². The van der Waals surface area contributed by atoms with Crippen molar-refractivity contribution in [3.8, 4) is 0 Å². The van der Waals surface area contributed by atoms with E-state index in [1.54, 1.807) is 25.1 Å². The summed E-state index contributed by atoms with van der Waals surface area (Å²) in [6, 6.07) is 13.9. The van der Waals surface area contributed by atoms with Gasteiger partial charge in [-0.25, -0.2) is 4.39 Å². The van der Waals surface area contributed by atoms with E-state index >= 15 is 0 Å². The highest BCUT2D eigenvalue weighted by Crippen LogP contribution is 2.22. The number of carbonyl (C=O) groups is 1. The summed E-state index contributed by atoms with van der Waals surface area (Å²) >= 11 is 0. The van der Waals surface area contributed by atoms with E-state index in [0.29, 0.717) is 0 Å². The lowest BCUT2D eigenvalue weighted by molar-refractivity contribution is -0.116. The fourth-order valence-corrected chi connectivity index (χ4v) is 3.22. The largest absolute Gasteiger partial charge is 0.374 e. The Balaban J connectivity index is 1.57. The van der Waals surface area contributed by atoms with E-state index in [1.807, 2.05) is 12.1 Å². The number of anilines is 3. The zero-order valence-electron chi connectivity index (χ0n) is 15.2. The van der Waals surface area contributed by atoms with Crippen molar-refractivity contribution < 1.29 is 9.18 Å². The average molecular weight is 355 g/mol. The SMILES string of the molecule is C[C@@H](Nc1ccc(N2CCCCCC2)cc1)C(=O)Nc1ccccc1F. The molecule has 26 heavy (non-hydrogen) atoms. The molecule has 0 radical (unpaired) electrons. The molecule has 2 aromatic rings. The van der Waals surface area contributed by atoms with Crippen LogP contribution in [0.4, 0.5) is 21.5 Å². The van der Waals surface area contributed by atoms with Crippen molar-refractivity contribution in [2.24, 2.45) is 0 Å².